The van der Waals surface area contributed by atoms with Crippen molar-refractivity contribution in [2.45, 2.75) is 24.6 Å². The number of anilines is 1. The van der Waals surface area contributed by atoms with Gasteiger partial charge in [0.25, 0.3) is 5.91 Å². The SMILES string of the molecule is O=C1N[C@]23OCC[C@@H]2C[C@H]1N(c1ccccc1)C3=O. The molecule has 2 amide bonds. The number of nitrogens with one attached hydrogen (secondary N) is 1. The summed E-state index contributed by atoms with van der Waals surface area (Å²) in [4.78, 5) is 26.5. The summed E-state index contributed by atoms with van der Waals surface area (Å²) < 4.78 is 5.64. The molecule has 2 bridgehead atoms. The van der Waals surface area contributed by atoms with Crippen LogP contribution in [0.25, 0.3) is 0 Å². The summed E-state index contributed by atoms with van der Waals surface area (Å²) >= 11 is 0. The van der Waals surface area contributed by atoms with Gasteiger partial charge >= 0.3 is 0 Å². The van der Waals surface area contributed by atoms with E-state index in [2.05, 4.69) is 5.32 Å². The van der Waals surface area contributed by atoms with Gasteiger partial charge in [-0.05, 0) is 25.0 Å². The molecule has 0 saturated carbocycles. The van der Waals surface area contributed by atoms with Gasteiger partial charge in [-0.3, -0.25) is 14.5 Å². The Morgan fingerprint density at radius 1 is 1.26 bits per heavy atom. The topological polar surface area (TPSA) is 58.6 Å². The Labute approximate surface area is 110 Å². The number of para-hydroxylation sites is 1. The Kier molecular flexibility index (Phi) is 2.07. The van der Waals surface area contributed by atoms with Gasteiger partial charge in [-0.1, -0.05) is 18.2 Å². The predicted octanol–water partition coefficient (Wildman–Crippen LogP) is 0.654. The molecule has 98 valence electrons. The van der Waals surface area contributed by atoms with Crippen LogP contribution >= 0.6 is 0 Å². The van der Waals surface area contributed by atoms with Crippen molar-refractivity contribution in [2.75, 3.05) is 11.5 Å². The van der Waals surface area contributed by atoms with E-state index >= 15 is 0 Å². The van der Waals surface area contributed by atoms with Crippen LogP contribution in [0.5, 0.6) is 0 Å². The summed E-state index contributed by atoms with van der Waals surface area (Å²) in [5.41, 5.74) is -0.345. The van der Waals surface area contributed by atoms with E-state index in [1.165, 1.54) is 0 Å². The minimum absolute atomic E-state index is 0.110. The van der Waals surface area contributed by atoms with Crippen LogP contribution in [0.15, 0.2) is 30.3 Å². The van der Waals surface area contributed by atoms with Gasteiger partial charge in [0.2, 0.25) is 11.6 Å². The Bertz CT molecular complexity index is 559. The molecule has 0 aromatic heterocycles. The fraction of sp³-hybridized carbons (Fsp3) is 0.429. The minimum Gasteiger partial charge on any atom is -0.347 e. The van der Waals surface area contributed by atoms with E-state index < -0.39 is 11.8 Å². The number of hydrogen-bond acceptors (Lipinski definition) is 3. The van der Waals surface area contributed by atoms with Crippen LogP contribution in [0.1, 0.15) is 12.8 Å². The Morgan fingerprint density at radius 3 is 2.84 bits per heavy atom. The third kappa shape index (κ3) is 1.28. The summed E-state index contributed by atoms with van der Waals surface area (Å²) in [6.45, 7) is 0.534. The molecular weight excluding hydrogens is 244 g/mol. The van der Waals surface area contributed by atoms with Crippen LogP contribution in [0.2, 0.25) is 0 Å². The minimum atomic E-state index is -1.11. The molecule has 0 aliphatic carbocycles. The summed E-state index contributed by atoms with van der Waals surface area (Å²) in [6, 6.07) is 8.94. The molecule has 5 nitrogen and oxygen atoms in total. The van der Waals surface area contributed by atoms with Crippen LogP contribution in [0.4, 0.5) is 5.69 Å². The lowest BCUT2D eigenvalue weighted by atomic mass is 9.78. The molecule has 1 aromatic carbocycles. The number of benzene rings is 1. The van der Waals surface area contributed by atoms with Crippen molar-refractivity contribution in [3.63, 3.8) is 0 Å². The first-order chi connectivity index (χ1) is 9.22. The molecule has 4 fully saturated rings. The van der Waals surface area contributed by atoms with Crippen molar-refractivity contribution < 1.29 is 14.3 Å². The standard InChI is InChI=1S/C14H14N2O3/c17-12-11-8-9-6-7-19-14(9,15-12)13(18)16(11)10-4-2-1-3-5-10/h1-5,9,11H,6-8H2,(H,15,17)/t9-,11-,14+/m1/s1. The largest absolute Gasteiger partial charge is 0.347 e. The highest BCUT2D eigenvalue weighted by Gasteiger charge is 2.64. The second-order valence-corrected chi connectivity index (χ2v) is 5.32. The molecule has 5 heteroatoms. The normalized spacial score (nSPS) is 36.3. The number of hydrogen-bond donors (Lipinski definition) is 1. The van der Waals surface area contributed by atoms with E-state index in [0.29, 0.717) is 13.0 Å². The first kappa shape index (κ1) is 11.0. The summed E-state index contributed by atoms with van der Waals surface area (Å²) in [6.07, 6.45) is 1.53. The number of nitrogens with zero attached hydrogens (tertiary/aromatic N) is 1. The fourth-order valence-electron chi connectivity index (χ4n) is 3.47. The Morgan fingerprint density at radius 2 is 2.05 bits per heavy atom. The van der Waals surface area contributed by atoms with Gasteiger partial charge in [0.1, 0.15) is 6.04 Å². The molecule has 0 radical (unpaired) electrons. The summed E-state index contributed by atoms with van der Waals surface area (Å²) in [5.74, 6) is -0.124. The number of amides is 2. The molecule has 1 N–H and O–H groups in total. The molecule has 0 unspecified atom stereocenters. The highest BCUT2D eigenvalue weighted by Crippen LogP contribution is 2.45. The van der Waals surface area contributed by atoms with E-state index in [0.717, 1.165) is 12.1 Å². The lowest BCUT2D eigenvalue weighted by Gasteiger charge is -2.51. The zero-order chi connectivity index (χ0) is 13.0. The van der Waals surface area contributed by atoms with Crippen LogP contribution in [0, 0.1) is 5.92 Å². The number of piperidine rings is 2. The number of ether oxygens (including phenoxy) is 1. The molecule has 5 rings (SSSR count). The first-order valence-corrected chi connectivity index (χ1v) is 6.57. The second-order valence-electron chi connectivity index (χ2n) is 5.32. The molecule has 4 heterocycles. The maximum absolute atomic E-state index is 12.7. The van der Waals surface area contributed by atoms with E-state index in [1.807, 2.05) is 30.3 Å². The maximum atomic E-state index is 12.7. The van der Waals surface area contributed by atoms with Gasteiger partial charge in [-0.2, -0.15) is 0 Å². The highest BCUT2D eigenvalue weighted by atomic mass is 16.5. The van der Waals surface area contributed by atoms with Crippen molar-refractivity contribution in [2.24, 2.45) is 5.92 Å². The zero-order valence-corrected chi connectivity index (χ0v) is 10.3. The molecule has 4 saturated heterocycles. The van der Waals surface area contributed by atoms with Gasteiger partial charge in [-0.15, -0.1) is 0 Å². The number of fused-ring (bicyclic) bond motifs is 2. The third-order valence-corrected chi connectivity index (χ3v) is 4.37. The molecule has 4 aliphatic heterocycles. The highest BCUT2D eigenvalue weighted by molar-refractivity contribution is 6.11. The van der Waals surface area contributed by atoms with Crippen LogP contribution in [0.3, 0.4) is 0 Å². The molecule has 1 aromatic rings. The van der Waals surface area contributed by atoms with E-state index in [9.17, 15) is 9.59 Å². The van der Waals surface area contributed by atoms with Gasteiger partial charge < -0.3 is 10.1 Å². The summed E-state index contributed by atoms with van der Waals surface area (Å²) in [7, 11) is 0. The Hall–Kier alpha value is -1.88. The lowest BCUT2D eigenvalue weighted by Crippen LogP contribution is -2.77. The van der Waals surface area contributed by atoms with Gasteiger partial charge in [-0.25, -0.2) is 0 Å². The van der Waals surface area contributed by atoms with Gasteiger partial charge in [0.15, 0.2) is 0 Å². The van der Waals surface area contributed by atoms with Crippen molar-refractivity contribution in [1.82, 2.24) is 5.32 Å². The molecule has 3 atom stereocenters. The van der Waals surface area contributed by atoms with Crippen LogP contribution < -0.4 is 10.2 Å². The molecule has 1 spiro atoms. The second kappa shape index (κ2) is 3.57. The van der Waals surface area contributed by atoms with E-state index in [4.69, 9.17) is 4.74 Å². The maximum Gasteiger partial charge on any atom is 0.281 e. The monoisotopic (exact) mass is 258 g/mol. The molecule has 4 aliphatic rings. The van der Waals surface area contributed by atoms with Crippen molar-refractivity contribution in [3.8, 4) is 0 Å². The van der Waals surface area contributed by atoms with Crippen LogP contribution in [-0.2, 0) is 14.3 Å². The number of carbonyl (C=O) groups is 2. The van der Waals surface area contributed by atoms with Crippen LogP contribution in [-0.4, -0.2) is 30.2 Å². The fourth-order valence-corrected chi connectivity index (χ4v) is 3.47. The smallest absolute Gasteiger partial charge is 0.281 e. The van der Waals surface area contributed by atoms with Crippen molar-refractivity contribution >= 4 is 17.5 Å². The predicted molar refractivity (Wildman–Crippen MR) is 67.3 cm³/mol. The molecular formula is C14H14N2O3. The molecule has 19 heavy (non-hydrogen) atoms. The van der Waals surface area contributed by atoms with Crippen molar-refractivity contribution in [3.05, 3.63) is 30.3 Å². The van der Waals surface area contributed by atoms with E-state index in [-0.39, 0.29) is 17.7 Å². The van der Waals surface area contributed by atoms with Crippen molar-refractivity contribution in [1.29, 1.82) is 0 Å². The zero-order valence-electron chi connectivity index (χ0n) is 10.3. The van der Waals surface area contributed by atoms with E-state index in [1.54, 1.807) is 4.90 Å². The average molecular weight is 258 g/mol. The third-order valence-electron chi connectivity index (χ3n) is 4.37. The quantitative estimate of drug-likeness (QED) is 0.804. The number of rotatable bonds is 1. The number of piperazine rings is 1. The lowest BCUT2D eigenvalue weighted by molar-refractivity contribution is -0.167. The average Bonchev–Trinajstić information content (AvgIpc) is 2.84. The Balaban J connectivity index is 1.82. The van der Waals surface area contributed by atoms with Gasteiger partial charge in [0, 0.05) is 11.6 Å². The number of carbonyl (C=O) groups excluding carboxylic acids is 2. The summed E-state index contributed by atoms with van der Waals surface area (Å²) in [5, 5.41) is 2.79. The first-order valence-electron chi connectivity index (χ1n) is 6.57. The van der Waals surface area contributed by atoms with Gasteiger partial charge in [0.05, 0.1) is 6.61 Å².